The van der Waals surface area contributed by atoms with Crippen LogP contribution < -0.4 is 0 Å². The van der Waals surface area contributed by atoms with Crippen LogP contribution in [0.1, 0.15) is 60.8 Å². The Hall–Kier alpha value is -3.49. The normalized spacial score (nSPS) is 15.1. The van der Waals surface area contributed by atoms with E-state index in [0.717, 1.165) is 73.4 Å². The van der Waals surface area contributed by atoms with Crippen molar-refractivity contribution in [1.29, 1.82) is 0 Å². The van der Waals surface area contributed by atoms with E-state index < -0.39 is 21.8 Å². The number of rotatable bonds is 8. The highest BCUT2D eigenvalue weighted by Gasteiger charge is 2.36. The number of sulfonamides is 1. The van der Waals surface area contributed by atoms with E-state index in [4.69, 9.17) is 0 Å². The van der Waals surface area contributed by atoms with Crippen LogP contribution in [0.4, 0.5) is 13.2 Å². The third-order valence-electron chi connectivity index (χ3n) is 7.72. The Bertz CT molecular complexity index is 1530. The van der Waals surface area contributed by atoms with Crippen LogP contribution in [-0.2, 0) is 29.2 Å². The number of pyridine rings is 1. The van der Waals surface area contributed by atoms with Gasteiger partial charge in [-0.05, 0) is 64.9 Å². The van der Waals surface area contributed by atoms with Crippen molar-refractivity contribution in [2.75, 3.05) is 0 Å². The number of benzene rings is 3. The van der Waals surface area contributed by atoms with Gasteiger partial charge in [-0.15, -0.1) is 0 Å². The van der Waals surface area contributed by atoms with Crippen molar-refractivity contribution in [3.05, 3.63) is 120 Å². The van der Waals surface area contributed by atoms with E-state index in [2.05, 4.69) is 4.98 Å². The average Bonchev–Trinajstić information content (AvgIpc) is 3.26. The molecular weight excluding hydrogens is 545 g/mol. The van der Waals surface area contributed by atoms with Crippen LogP contribution in [0.2, 0.25) is 0 Å². The summed E-state index contributed by atoms with van der Waals surface area (Å²) >= 11 is 0. The Balaban J connectivity index is 1.54. The van der Waals surface area contributed by atoms with Crippen LogP contribution >= 0.6 is 0 Å². The van der Waals surface area contributed by atoms with E-state index in [9.17, 15) is 21.6 Å². The van der Waals surface area contributed by atoms with Crippen LogP contribution in [0.3, 0.4) is 0 Å². The molecule has 1 aromatic heterocycles. The SMILES string of the molecule is O=S(=O)(c1ccc(C(F)(F)F)cc1Cc1cccnc1)N(Cc1ccc(-c2ccccc2)cc1)C1CCCCCC1. The second-order valence-corrected chi connectivity index (χ2v) is 12.5. The molecule has 1 aliphatic carbocycles. The molecule has 0 radical (unpaired) electrons. The van der Waals surface area contributed by atoms with Crippen LogP contribution in [0.25, 0.3) is 11.1 Å². The summed E-state index contributed by atoms with van der Waals surface area (Å²) in [7, 11) is -4.14. The molecule has 0 atom stereocenters. The predicted molar refractivity (Wildman–Crippen MR) is 155 cm³/mol. The molecule has 214 valence electrons. The van der Waals surface area contributed by atoms with Crippen molar-refractivity contribution >= 4 is 10.0 Å². The molecule has 0 unspecified atom stereocenters. The summed E-state index contributed by atoms with van der Waals surface area (Å²) in [5.74, 6) is 0. The quantitative estimate of drug-likeness (QED) is 0.198. The Morgan fingerprint density at radius 1 is 0.780 bits per heavy atom. The van der Waals surface area contributed by atoms with Gasteiger partial charge in [-0.3, -0.25) is 4.98 Å². The Morgan fingerprint density at radius 2 is 1.46 bits per heavy atom. The standard InChI is InChI=1S/C33H33F3N2O2S/c34-33(35,36)30-18-19-32(29(22-30)21-26-9-8-20-37-23-26)41(39,40)38(31-12-6-1-2-7-13-31)24-25-14-16-28(17-15-25)27-10-4-3-5-11-27/h3-5,8-11,14-20,22-23,31H,1-2,6-7,12-13,21,24H2. The lowest BCUT2D eigenvalue weighted by Gasteiger charge is -2.31. The third kappa shape index (κ3) is 7.05. The number of hydrogen-bond acceptors (Lipinski definition) is 3. The van der Waals surface area contributed by atoms with E-state index in [1.807, 2.05) is 54.6 Å². The van der Waals surface area contributed by atoms with Crippen LogP contribution in [0.5, 0.6) is 0 Å². The molecule has 0 N–H and O–H groups in total. The van der Waals surface area contributed by atoms with Gasteiger partial charge in [-0.1, -0.05) is 86.3 Å². The van der Waals surface area contributed by atoms with Gasteiger partial charge in [0, 0.05) is 31.4 Å². The molecule has 0 spiro atoms. The number of aromatic nitrogens is 1. The van der Waals surface area contributed by atoms with Gasteiger partial charge in [0.25, 0.3) is 0 Å². The van der Waals surface area contributed by atoms with Crippen molar-refractivity contribution in [2.45, 2.75) is 68.6 Å². The van der Waals surface area contributed by atoms with Gasteiger partial charge in [0.15, 0.2) is 0 Å². The van der Waals surface area contributed by atoms with Crippen LogP contribution in [-0.4, -0.2) is 23.7 Å². The summed E-state index contributed by atoms with van der Waals surface area (Å²) in [6.07, 6.45) is 3.92. The zero-order valence-corrected chi connectivity index (χ0v) is 23.5. The highest BCUT2D eigenvalue weighted by molar-refractivity contribution is 7.89. The summed E-state index contributed by atoms with van der Waals surface area (Å²) in [6, 6.07) is 23.9. The van der Waals surface area contributed by atoms with E-state index in [-0.39, 0.29) is 29.5 Å². The molecule has 1 fully saturated rings. The minimum Gasteiger partial charge on any atom is -0.264 e. The zero-order valence-electron chi connectivity index (χ0n) is 22.7. The molecule has 41 heavy (non-hydrogen) atoms. The van der Waals surface area contributed by atoms with E-state index in [1.165, 1.54) is 4.31 Å². The number of nitrogens with zero attached hydrogens (tertiary/aromatic N) is 2. The third-order valence-corrected chi connectivity index (χ3v) is 9.72. The summed E-state index contributed by atoms with van der Waals surface area (Å²) in [6.45, 7) is 0.148. The molecule has 4 nitrogen and oxygen atoms in total. The van der Waals surface area contributed by atoms with Crippen molar-refractivity contribution < 1.29 is 21.6 Å². The molecule has 0 saturated heterocycles. The van der Waals surface area contributed by atoms with E-state index >= 15 is 0 Å². The summed E-state index contributed by atoms with van der Waals surface area (Å²) in [5.41, 5.74) is 2.81. The van der Waals surface area contributed by atoms with Crippen LogP contribution in [0, 0.1) is 0 Å². The van der Waals surface area contributed by atoms with Gasteiger partial charge >= 0.3 is 6.18 Å². The molecule has 0 amide bonds. The number of alkyl halides is 3. The van der Waals surface area contributed by atoms with Crippen molar-refractivity contribution in [1.82, 2.24) is 9.29 Å². The lowest BCUT2D eigenvalue weighted by molar-refractivity contribution is -0.137. The lowest BCUT2D eigenvalue weighted by Crippen LogP contribution is -2.40. The minimum absolute atomic E-state index is 0.0244. The molecule has 1 saturated carbocycles. The van der Waals surface area contributed by atoms with Gasteiger partial charge < -0.3 is 0 Å². The maximum absolute atomic E-state index is 14.4. The Labute approximate surface area is 239 Å². The highest BCUT2D eigenvalue weighted by atomic mass is 32.2. The minimum atomic E-state index is -4.59. The summed E-state index contributed by atoms with van der Waals surface area (Å²) in [5, 5.41) is 0. The predicted octanol–water partition coefficient (Wildman–Crippen LogP) is 8.27. The van der Waals surface area contributed by atoms with Gasteiger partial charge in [0.2, 0.25) is 10.0 Å². The fourth-order valence-electron chi connectivity index (χ4n) is 5.56. The van der Waals surface area contributed by atoms with Gasteiger partial charge in [-0.2, -0.15) is 17.5 Å². The maximum Gasteiger partial charge on any atom is 0.416 e. The van der Waals surface area contributed by atoms with Crippen molar-refractivity contribution in [3.63, 3.8) is 0 Å². The average molecular weight is 579 g/mol. The molecule has 1 heterocycles. The number of hydrogen-bond donors (Lipinski definition) is 0. The first kappa shape index (κ1) is 29.0. The monoisotopic (exact) mass is 578 g/mol. The summed E-state index contributed by atoms with van der Waals surface area (Å²) in [4.78, 5) is 3.98. The molecule has 1 aliphatic rings. The van der Waals surface area contributed by atoms with Crippen LogP contribution in [0.15, 0.2) is 102 Å². The first-order chi connectivity index (χ1) is 19.7. The largest absolute Gasteiger partial charge is 0.416 e. The molecule has 5 rings (SSSR count). The summed E-state index contributed by atoms with van der Waals surface area (Å²) < 4.78 is 71.5. The first-order valence-electron chi connectivity index (χ1n) is 14.0. The number of halogens is 3. The second kappa shape index (κ2) is 12.6. The Kier molecular flexibility index (Phi) is 8.90. The van der Waals surface area contributed by atoms with Gasteiger partial charge in [0.05, 0.1) is 10.5 Å². The lowest BCUT2D eigenvalue weighted by atomic mass is 10.0. The van der Waals surface area contributed by atoms with Crippen molar-refractivity contribution in [2.24, 2.45) is 0 Å². The molecule has 0 bridgehead atoms. The fourth-order valence-corrected chi connectivity index (χ4v) is 7.44. The molecule has 0 aliphatic heterocycles. The molecule has 8 heteroatoms. The first-order valence-corrected chi connectivity index (χ1v) is 15.4. The topological polar surface area (TPSA) is 50.3 Å². The highest BCUT2D eigenvalue weighted by Crippen LogP contribution is 2.35. The fraction of sp³-hybridized carbons (Fsp3) is 0.303. The zero-order chi connectivity index (χ0) is 28.9. The smallest absolute Gasteiger partial charge is 0.264 e. The maximum atomic E-state index is 14.4. The Morgan fingerprint density at radius 3 is 2.10 bits per heavy atom. The molecule has 4 aromatic rings. The molecule has 3 aromatic carbocycles. The van der Waals surface area contributed by atoms with Gasteiger partial charge in [-0.25, -0.2) is 8.42 Å². The van der Waals surface area contributed by atoms with Gasteiger partial charge in [0.1, 0.15) is 0 Å². The molecular formula is C33H33F3N2O2S. The second-order valence-electron chi connectivity index (χ2n) is 10.6. The van der Waals surface area contributed by atoms with E-state index in [1.54, 1.807) is 24.5 Å². The van der Waals surface area contributed by atoms with Crippen molar-refractivity contribution in [3.8, 4) is 11.1 Å². The van der Waals surface area contributed by atoms with E-state index in [0.29, 0.717) is 5.56 Å².